The number of rotatable bonds is 4. The van der Waals surface area contributed by atoms with Crippen LogP contribution in [0.4, 0.5) is 11.4 Å². The summed E-state index contributed by atoms with van der Waals surface area (Å²) in [5.74, 6) is 1.42. The number of aromatic nitrogens is 6. The van der Waals surface area contributed by atoms with Crippen molar-refractivity contribution in [2.45, 2.75) is 18.8 Å². The van der Waals surface area contributed by atoms with Crippen molar-refractivity contribution in [1.29, 1.82) is 0 Å². The molecule has 9 heteroatoms. The quantitative estimate of drug-likeness (QED) is 0.484. The highest BCUT2D eigenvalue weighted by molar-refractivity contribution is 5.96. The standard InChI is InChI=1S/C24H24N8O/c1-25-22-20(21-8-9-31(3)29-21)5-4-19(17-12-18(33)14-26-13-17)23(22)32-10-6-16(7-11-32)24-28-27-15-30(24)2/h4-5,8-9,12-16,33H,6-7,10-11H2,2-3H3. The Kier molecular flexibility index (Phi) is 5.26. The number of pyridine rings is 1. The first-order chi connectivity index (χ1) is 16.0. The molecule has 4 aromatic rings. The first kappa shape index (κ1) is 20.7. The number of aryl methyl sites for hydroxylation is 2. The number of aromatic hydroxyl groups is 1. The predicted molar refractivity (Wildman–Crippen MR) is 125 cm³/mol. The van der Waals surface area contributed by atoms with Gasteiger partial charge in [-0.2, -0.15) is 5.10 Å². The Labute approximate surface area is 191 Å². The lowest BCUT2D eigenvalue weighted by molar-refractivity contribution is 0.472. The van der Waals surface area contributed by atoms with E-state index < -0.39 is 0 Å². The Morgan fingerprint density at radius 2 is 1.88 bits per heavy atom. The molecule has 1 fully saturated rings. The van der Waals surface area contributed by atoms with E-state index in [1.54, 1.807) is 23.3 Å². The molecule has 1 aliphatic heterocycles. The molecular formula is C24H24N8O. The first-order valence-electron chi connectivity index (χ1n) is 10.8. The van der Waals surface area contributed by atoms with E-state index in [-0.39, 0.29) is 5.75 Å². The lowest BCUT2D eigenvalue weighted by Gasteiger charge is -2.35. The summed E-state index contributed by atoms with van der Waals surface area (Å²) in [6.07, 6.45) is 8.57. The fourth-order valence-electron chi connectivity index (χ4n) is 4.61. The van der Waals surface area contributed by atoms with Crippen molar-refractivity contribution in [2.24, 2.45) is 14.1 Å². The second-order valence-corrected chi connectivity index (χ2v) is 8.34. The third-order valence-electron chi connectivity index (χ3n) is 6.21. The molecule has 9 nitrogen and oxygen atoms in total. The van der Waals surface area contributed by atoms with E-state index in [1.165, 1.54) is 6.20 Å². The normalized spacial score (nSPS) is 14.4. The van der Waals surface area contributed by atoms with E-state index in [2.05, 4.69) is 30.0 Å². The number of anilines is 1. The summed E-state index contributed by atoms with van der Waals surface area (Å²) in [4.78, 5) is 10.4. The number of benzene rings is 1. The highest BCUT2D eigenvalue weighted by Crippen LogP contribution is 2.46. The van der Waals surface area contributed by atoms with Gasteiger partial charge < -0.3 is 14.6 Å². The van der Waals surface area contributed by atoms with E-state index in [4.69, 9.17) is 6.57 Å². The summed E-state index contributed by atoms with van der Waals surface area (Å²) in [5, 5.41) is 22.9. The van der Waals surface area contributed by atoms with Crippen LogP contribution in [0.1, 0.15) is 24.6 Å². The van der Waals surface area contributed by atoms with Gasteiger partial charge in [0.2, 0.25) is 5.69 Å². The van der Waals surface area contributed by atoms with Gasteiger partial charge in [-0.15, -0.1) is 10.2 Å². The van der Waals surface area contributed by atoms with Gasteiger partial charge in [-0.25, -0.2) is 4.85 Å². The minimum atomic E-state index is 0.0950. The van der Waals surface area contributed by atoms with Gasteiger partial charge in [-0.1, -0.05) is 12.1 Å². The van der Waals surface area contributed by atoms with E-state index in [9.17, 15) is 5.11 Å². The molecule has 33 heavy (non-hydrogen) atoms. The Morgan fingerprint density at radius 1 is 1.09 bits per heavy atom. The largest absolute Gasteiger partial charge is 0.506 e. The van der Waals surface area contributed by atoms with Crippen molar-refractivity contribution in [3.05, 3.63) is 66.4 Å². The highest BCUT2D eigenvalue weighted by Gasteiger charge is 2.28. The minimum Gasteiger partial charge on any atom is -0.506 e. The van der Waals surface area contributed by atoms with Gasteiger partial charge in [0.1, 0.15) is 17.9 Å². The average molecular weight is 441 g/mol. The zero-order chi connectivity index (χ0) is 22.9. The van der Waals surface area contributed by atoms with Crippen LogP contribution >= 0.6 is 0 Å². The lowest BCUT2D eigenvalue weighted by Crippen LogP contribution is -2.34. The van der Waals surface area contributed by atoms with Gasteiger partial charge in [-0.3, -0.25) is 9.67 Å². The smallest absolute Gasteiger partial charge is 0.219 e. The molecule has 0 amide bonds. The molecule has 1 aliphatic rings. The maximum Gasteiger partial charge on any atom is 0.219 e. The molecule has 0 atom stereocenters. The molecule has 0 radical (unpaired) electrons. The van der Waals surface area contributed by atoms with E-state index in [0.717, 1.165) is 59.8 Å². The van der Waals surface area contributed by atoms with Crippen molar-refractivity contribution >= 4 is 11.4 Å². The molecule has 0 saturated carbocycles. The topological polar surface area (TPSA) is 89.2 Å². The van der Waals surface area contributed by atoms with Crippen molar-refractivity contribution in [2.75, 3.05) is 18.0 Å². The summed E-state index contributed by atoms with van der Waals surface area (Å²) >= 11 is 0. The summed E-state index contributed by atoms with van der Waals surface area (Å²) in [6.45, 7) is 9.63. The number of piperidine rings is 1. The molecule has 0 aliphatic carbocycles. The van der Waals surface area contributed by atoms with Gasteiger partial charge in [0.05, 0.1) is 24.2 Å². The highest BCUT2D eigenvalue weighted by atomic mass is 16.3. The van der Waals surface area contributed by atoms with Crippen molar-refractivity contribution in [1.82, 2.24) is 29.5 Å². The lowest BCUT2D eigenvalue weighted by atomic mass is 9.92. The summed E-state index contributed by atoms with van der Waals surface area (Å²) in [7, 11) is 3.84. The SMILES string of the molecule is [C-]#[N+]c1c(-c2ccn(C)n2)ccc(-c2cncc(O)c2)c1N1CCC(c2nncn2C)CC1. The summed E-state index contributed by atoms with van der Waals surface area (Å²) in [6, 6.07) is 7.54. The van der Waals surface area contributed by atoms with Crippen molar-refractivity contribution in [3.8, 4) is 28.1 Å². The van der Waals surface area contributed by atoms with Gasteiger partial charge in [-0.05, 0) is 30.5 Å². The predicted octanol–water partition coefficient (Wildman–Crippen LogP) is 3.92. The van der Waals surface area contributed by atoms with E-state index in [0.29, 0.717) is 11.6 Å². The third-order valence-corrected chi connectivity index (χ3v) is 6.21. The molecule has 3 aromatic heterocycles. The number of hydrogen-bond donors (Lipinski definition) is 1. The van der Waals surface area contributed by atoms with E-state index >= 15 is 0 Å². The molecule has 0 unspecified atom stereocenters. The van der Waals surface area contributed by atoms with Crippen LogP contribution in [0.5, 0.6) is 5.75 Å². The van der Waals surface area contributed by atoms with Gasteiger partial charge in [0, 0.05) is 56.6 Å². The monoisotopic (exact) mass is 440 g/mol. The van der Waals surface area contributed by atoms with Crippen molar-refractivity contribution < 1.29 is 5.11 Å². The molecule has 0 spiro atoms. The summed E-state index contributed by atoms with van der Waals surface area (Å²) < 4.78 is 3.72. The Balaban J connectivity index is 1.59. The van der Waals surface area contributed by atoms with E-state index in [1.807, 2.05) is 43.1 Å². The molecular weight excluding hydrogens is 416 g/mol. The fourth-order valence-corrected chi connectivity index (χ4v) is 4.61. The minimum absolute atomic E-state index is 0.0950. The Hall–Kier alpha value is -4.19. The van der Waals surface area contributed by atoms with Gasteiger partial charge >= 0.3 is 0 Å². The maximum absolute atomic E-state index is 10.0. The van der Waals surface area contributed by atoms with Crippen LogP contribution in [0.3, 0.4) is 0 Å². The molecule has 1 aromatic carbocycles. The molecule has 0 bridgehead atoms. The molecule has 5 rings (SSSR count). The van der Waals surface area contributed by atoms with Crippen LogP contribution in [0.2, 0.25) is 0 Å². The van der Waals surface area contributed by atoms with Crippen LogP contribution in [-0.2, 0) is 14.1 Å². The second-order valence-electron chi connectivity index (χ2n) is 8.34. The van der Waals surface area contributed by atoms with Crippen LogP contribution in [0.25, 0.3) is 27.2 Å². The zero-order valence-electron chi connectivity index (χ0n) is 18.5. The van der Waals surface area contributed by atoms with Crippen LogP contribution < -0.4 is 4.90 Å². The number of hydrogen-bond acceptors (Lipinski definition) is 6. The molecule has 4 heterocycles. The van der Waals surface area contributed by atoms with Crippen LogP contribution in [-0.4, -0.2) is 47.7 Å². The molecule has 166 valence electrons. The maximum atomic E-state index is 10.0. The van der Waals surface area contributed by atoms with Gasteiger partial charge in [0.15, 0.2) is 0 Å². The Bertz CT molecular complexity index is 1340. The summed E-state index contributed by atoms with van der Waals surface area (Å²) in [5.41, 5.74) is 4.63. The van der Waals surface area contributed by atoms with Crippen LogP contribution in [0.15, 0.2) is 49.2 Å². The van der Waals surface area contributed by atoms with Crippen molar-refractivity contribution in [3.63, 3.8) is 0 Å². The molecule has 1 saturated heterocycles. The molecule has 1 N–H and O–H groups in total. The zero-order valence-corrected chi connectivity index (χ0v) is 18.5. The average Bonchev–Trinajstić information content (AvgIpc) is 3.46. The fraction of sp³-hybridized carbons (Fsp3) is 0.292. The van der Waals surface area contributed by atoms with Gasteiger partial charge in [0.25, 0.3) is 0 Å². The number of nitrogens with zero attached hydrogens (tertiary/aromatic N) is 8. The van der Waals surface area contributed by atoms with Crippen LogP contribution in [0, 0.1) is 6.57 Å². The first-order valence-corrected chi connectivity index (χ1v) is 10.8. The second kappa shape index (κ2) is 8.39. The Morgan fingerprint density at radius 3 is 2.52 bits per heavy atom. The third kappa shape index (κ3) is 3.80.